The predicted molar refractivity (Wildman–Crippen MR) is 55.8 cm³/mol. The highest BCUT2D eigenvalue weighted by atomic mass is 16.6. The number of nitro groups is 1. The monoisotopic (exact) mass is 239 g/mol. The van der Waals surface area contributed by atoms with Gasteiger partial charge in [-0.2, -0.15) is 0 Å². The molecule has 17 heavy (non-hydrogen) atoms. The van der Waals surface area contributed by atoms with Crippen LogP contribution in [0.15, 0.2) is 23.5 Å². The summed E-state index contributed by atoms with van der Waals surface area (Å²) in [6, 6.07) is 2.48. The van der Waals surface area contributed by atoms with Crippen LogP contribution in [0, 0.1) is 10.1 Å². The van der Waals surface area contributed by atoms with Gasteiger partial charge in [0.1, 0.15) is 0 Å². The number of hydrogen-bond acceptors (Lipinski definition) is 7. The van der Waals surface area contributed by atoms with Crippen LogP contribution in [0.3, 0.4) is 0 Å². The summed E-state index contributed by atoms with van der Waals surface area (Å²) >= 11 is 0. The fourth-order valence-electron chi connectivity index (χ4n) is 1.11. The number of oxime groups is 1. The Bertz CT molecular complexity index is 471. The first-order chi connectivity index (χ1) is 8.11. The molecule has 0 spiro atoms. The van der Waals surface area contributed by atoms with E-state index in [1.165, 1.54) is 12.3 Å². The molecule has 8 heteroatoms. The molecule has 0 unspecified atom stereocenters. The Kier molecular flexibility index (Phi) is 4.09. The summed E-state index contributed by atoms with van der Waals surface area (Å²) in [5.41, 5.74) is -1.37. The van der Waals surface area contributed by atoms with Crippen molar-refractivity contribution >= 4 is 17.4 Å². The van der Waals surface area contributed by atoms with Crippen molar-refractivity contribution in [3.8, 4) is 0 Å². The molecule has 0 aliphatic heterocycles. The van der Waals surface area contributed by atoms with Gasteiger partial charge in [-0.25, -0.2) is 9.78 Å². The Labute approximate surface area is 95.7 Å². The molecule has 90 valence electrons. The minimum absolute atomic E-state index is 0.0541. The van der Waals surface area contributed by atoms with Crippen LogP contribution >= 0.6 is 0 Å². The second-order valence-corrected chi connectivity index (χ2v) is 2.80. The van der Waals surface area contributed by atoms with Crippen LogP contribution in [0.5, 0.6) is 0 Å². The van der Waals surface area contributed by atoms with Crippen molar-refractivity contribution in [1.82, 2.24) is 4.98 Å². The molecule has 0 radical (unpaired) electrons. The third-order valence-corrected chi connectivity index (χ3v) is 1.78. The van der Waals surface area contributed by atoms with E-state index in [2.05, 4.69) is 14.9 Å². The maximum atomic E-state index is 11.4. The molecule has 8 nitrogen and oxygen atoms in total. The van der Waals surface area contributed by atoms with E-state index in [0.717, 1.165) is 6.07 Å². The topological polar surface area (TPSA) is 115 Å². The number of carbonyl (C=O) groups excluding carboxylic acids is 1. The average molecular weight is 239 g/mol. The second-order valence-electron chi connectivity index (χ2n) is 2.80. The predicted octanol–water partition coefficient (Wildman–Crippen LogP) is 0.731. The summed E-state index contributed by atoms with van der Waals surface area (Å²) in [6.07, 6.45) is 1.24. The van der Waals surface area contributed by atoms with Crippen LogP contribution in [0.4, 0.5) is 5.69 Å². The molecule has 1 N–H and O–H groups in total. The first-order valence-electron chi connectivity index (χ1n) is 4.60. The molecule has 0 saturated carbocycles. The van der Waals surface area contributed by atoms with Crippen LogP contribution in [-0.2, 0) is 9.53 Å². The molecule has 0 aromatic carbocycles. The molecule has 0 aliphatic rings. The minimum atomic E-state index is -0.975. The fourth-order valence-corrected chi connectivity index (χ4v) is 1.11. The zero-order valence-electron chi connectivity index (χ0n) is 8.86. The summed E-state index contributed by atoms with van der Waals surface area (Å²) in [6.45, 7) is 1.61. The van der Waals surface area contributed by atoms with Crippen LogP contribution in [0.2, 0.25) is 0 Å². The highest BCUT2D eigenvalue weighted by molar-refractivity contribution is 6.43. The van der Waals surface area contributed by atoms with Gasteiger partial charge in [-0.1, -0.05) is 5.16 Å². The lowest BCUT2D eigenvalue weighted by Gasteiger charge is -2.03. The minimum Gasteiger partial charge on any atom is -0.461 e. The largest absolute Gasteiger partial charge is 0.461 e. The number of carbonyl (C=O) groups is 1. The van der Waals surface area contributed by atoms with Crippen LogP contribution in [0.1, 0.15) is 12.6 Å². The number of nitrogens with zero attached hydrogens (tertiary/aromatic N) is 3. The van der Waals surface area contributed by atoms with Crippen LogP contribution in [0.25, 0.3) is 0 Å². The Morgan fingerprint density at radius 1 is 1.71 bits per heavy atom. The van der Waals surface area contributed by atoms with Crippen molar-refractivity contribution in [2.75, 3.05) is 6.61 Å². The molecule has 1 rings (SSSR count). The summed E-state index contributed by atoms with van der Waals surface area (Å²) in [5, 5.41) is 22.1. The summed E-state index contributed by atoms with van der Waals surface area (Å²) < 4.78 is 4.59. The van der Waals surface area contributed by atoms with E-state index in [0.29, 0.717) is 0 Å². The number of rotatable bonds is 4. The molecule has 0 fully saturated rings. The van der Waals surface area contributed by atoms with Crippen molar-refractivity contribution in [1.29, 1.82) is 0 Å². The Morgan fingerprint density at radius 3 is 2.94 bits per heavy atom. The Hall–Kier alpha value is -2.51. The molecule has 0 saturated heterocycles. The van der Waals surface area contributed by atoms with Gasteiger partial charge >= 0.3 is 5.97 Å². The highest BCUT2D eigenvalue weighted by Crippen LogP contribution is 2.16. The van der Waals surface area contributed by atoms with Gasteiger partial charge in [-0.15, -0.1) is 0 Å². The number of hydrogen-bond donors (Lipinski definition) is 1. The van der Waals surface area contributed by atoms with E-state index < -0.39 is 22.3 Å². The zero-order valence-corrected chi connectivity index (χ0v) is 8.86. The molecule has 0 amide bonds. The molecule has 0 bridgehead atoms. The number of ether oxygens (including phenoxy) is 1. The standard InChI is InChI=1S/C9H9N3O5/c1-2-17-9(13)8(11-14)7-6(12(15)16)4-3-5-10-7/h3-5,14H,2H2,1H3/b11-8-. The van der Waals surface area contributed by atoms with Gasteiger partial charge in [0.2, 0.25) is 5.71 Å². The van der Waals surface area contributed by atoms with Crippen molar-refractivity contribution in [3.63, 3.8) is 0 Å². The fraction of sp³-hybridized carbons (Fsp3) is 0.222. The van der Waals surface area contributed by atoms with E-state index >= 15 is 0 Å². The van der Waals surface area contributed by atoms with Gasteiger partial charge < -0.3 is 9.94 Å². The molecule has 0 aliphatic carbocycles. The lowest BCUT2D eigenvalue weighted by molar-refractivity contribution is -0.385. The first-order valence-corrected chi connectivity index (χ1v) is 4.60. The Morgan fingerprint density at radius 2 is 2.41 bits per heavy atom. The summed E-state index contributed by atoms with van der Waals surface area (Å²) in [4.78, 5) is 25.0. The normalized spacial score (nSPS) is 11.0. The van der Waals surface area contributed by atoms with Crippen molar-refractivity contribution in [2.45, 2.75) is 6.92 Å². The molecule has 0 atom stereocenters. The second kappa shape index (κ2) is 5.54. The molecular weight excluding hydrogens is 230 g/mol. The van der Waals surface area contributed by atoms with Crippen molar-refractivity contribution in [2.24, 2.45) is 5.16 Å². The van der Waals surface area contributed by atoms with Gasteiger partial charge in [-0.3, -0.25) is 10.1 Å². The van der Waals surface area contributed by atoms with Gasteiger partial charge in [0.25, 0.3) is 5.69 Å². The molecule has 1 aromatic heterocycles. The van der Waals surface area contributed by atoms with E-state index in [-0.39, 0.29) is 12.3 Å². The SMILES string of the molecule is CCOC(=O)/C(=N\O)c1ncccc1[N+](=O)[O-]. The van der Waals surface area contributed by atoms with E-state index in [1.54, 1.807) is 6.92 Å². The maximum Gasteiger partial charge on any atom is 0.362 e. The Balaban J connectivity index is 3.22. The zero-order chi connectivity index (χ0) is 12.8. The molecule has 1 aromatic rings. The summed E-state index contributed by atoms with van der Waals surface area (Å²) in [5.74, 6) is -0.975. The maximum absolute atomic E-state index is 11.4. The van der Waals surface area contributed by atoms with Crippen LogP contribution in [-0.4, -0.2) is 33.4 Å². The van der Waals surface area contributed by atoms with E-state index in [9.17, 15) is 14.9 Å². The molecule has 1 heterocycles. The lowest BCUT2D eigenvalue weighted by Crippen LogP contribution is -2.21. The number of esters is 1. The highest BCUT2D eigenvalue weighted by Gasteiger charge is 2.26. The van der Waals surface area contributed by atoms with Gasteiger partial charge in [0.05, 0.1) is 11.5 Å². The molecular formula is C9H9N3O5. The van der Waals surface area contributed by atoms with Crippen molar-refractivity contribution < 1.29 is 19.7 Å². The van der Waals surface area contributed by atoms with E-state index in [4.69, 9.17) is 5.21 Å². The number of aromatic nitrogens is 1. The third-order valence-electron chi connectivity index (χ3n) is 1.78. The average Bonchev–Trinajstić information content (AvgIpc) is 2.31. The first kappa shape index (κ1) is 12.6. The van der Waals surface area contributed by atoms with Gasteiger partial charge in [-0.05, 0) is 13.0 Å². The van der Waals surface area contributed by atoms with Gasteiger partial charge in [0, 0.05) is 12.3 Å². The summed E-state index contributed by atoms with van der Waals surface area (Å²) in [7, 11) is 0. The quantitative estimate of drug-likeness (QED) is 0.272. The van der Waals surface area contributed by atoms with Gasteiger partial charge in [0.15, 0.2) is 5.69 Å². The lowest BCUT2D eigenvalue weighted by atomic mass is 10.2. The number of pyridine rings is 1. The van der Waals surface area contributed by atoms with Crippen molar-refractivity contribution in [3.05, 3.63) is 34.1 Å². The third kappa shape index (κ3) is 2.74. The smallest absolute Gasteiger partial charge is 0.362 e. The van der Waals surface area contributed by atoms with E-state index in [1.807, 2.05) is 0 Å². The van der Waals surface area contributed by atoms with Crippen LogP contribution < -0.4 is 0 Å².